The number of rotatable bonds is 7. The number of hydrogen-bond acceptors (Lipinski definition) is 2. The zero-order valence-electron chi connectivity index (χ0n) is 10.5. The largest absolute Gasteiger partial charge is 0.497 e. The van der Waals surface area contributed by atoms with Crippen LogP contribution < -0.4 is 4.74 Å². The summed E-state index contributed by atoms with van der Waals surface area (Å²) in [6, 6.07) is 8.34. The minimum Gasteiger partial charge on any atom is -0.497 e. The average molecular weight is 238 g/mol. The molecule has 1 nitrogen and oxygen atoms in total. The molecule has 1 aromatic carbocycles. The molecular formula is C14H22OS. The second-order valence-corrected chi connectivity index (χ2v) is 5.61. The van der Waals surface area contributed by atoms with Gasteiger partial charge in [0.05, 0.1) is 7.11 Å². The molecule has 1 unspecified atom stereocenters. The van der Waals surface area contributed by atoms with E-state index in [1.807, 2.05) is 23.9 Å². The summed E-state index contributed by atoms with van der Waals surface area (Å²) in [6.07, 6.45) is 5.32. The summed E-state index contributed by atoms with van der Waals surface area (Å²) < 4.78 is 5.14. The van der Waals surface area contributed by atoms with Gasteiger partial charge < -0.3 is 4.74 Å². The first-order valence-corrected chi connectivity index (χ1v) is 6.95. The summed E-state index contributed by atoms with van der Waals surface area (Å²) in [5.74, 6) is 0.933. The molecule has 0 fully saturated rings. The lowest BCUT2D eigenvalue weighted by Crippen LogP contribution is -1.95. The van der Waals surface area contributed by atoms with Gasteiger partial charge in [0, 0.05) is 10.1 Å². The zero-order valence-corrected chi connectivity index (χ0v) is 11.3. The molecule has 0 bridgehead atoms. The second-order valence-electron chi connectivity index (χ2n) is 4.10. The SMILES string of the molecule is CCCCCC(C)Sc1ccc(OC)cc1. The molecule has 0 heterocycles. The molecule has 90 valence electrons. The van der Waals surface area contributed by atoms with Crippen molar-refractivity contribution in [2.45, 2.75) is 49.7 Å². The maximum atomic E-state index is 5.14. The van der Waals surface area contributed by atoms with Crippen molar-refractivity contribution in [1.82, 2.24) is 0 Å². The third-order valence-corrected chi connectivity index (χ3v) is 3.79. The fourth-order valence-electron chi connectivity index (χ4n) is 1.63. The van der Waals surface area contributed by atoms with Crippen LogP contribution in [-0.4, -0.2) is 12.4 Å². The minimum atomic E-state index is 0.708. The van der Waals surface area contributed by atoms with Crippen LogP contribution in [0.25, 0.3) is 0 Å². The van der Waals surface area contributed by atoms with Crippen molar-refractivity contribution in [3.05, 3.63) is 24.3 Å². The van der Waals surface area contributed by atoms with E-state index in [4.69, 9.17) is 4.74 Å². The molecule has 0 radical (unpaired) electrons. The van der Waals surface area contributed by atoms with Gasteiger partial charge in [0.25, 0.3) is 0 Å². The number of unbranched alkanes of at least 4 members (excludes halogenated alkanes) is 2. The fourth-order valence-corrected chi connectivity index (χ4v) is 2.67. The van der Waals surface area contributed by atoms with E-state index in [0.717, 1.165) is 5.75 Å². The Hall–Kier alpha value is -0.630. The van der Waals surface area contributed by atoms with Gasteiger partial charge in [0.1, 0.15) is 5.75 Å². The van der Waals surface area contributed by atoms with E-state index in [1.54, 1.807) is 7.11 Å². The topological polar surface area (TPSA) is 9.23 Å². The third-order valence-electron chi connectivity index (χ3n) is 2.61. The molecule has 0 saturated heterocycles. The first-order chi connectivity index (χ1) is 7.76. The first kappa shape index (κ1) is 13.4. The molecule has 0 amide bonds. The van der Waals surface area contributed by atoms with E-state index in [0.29, 0.717) is 5.25 Å². The van der Waals surface area contributed by atoms with Crippen LogP contribution >= 0.6 is 11.8 Å². The highest BCUT2D eigenvalue weighted by atomic mass is 32.2. The molecule has 1 rings (SSSR count). The molecule has 0 aliphatic rings. The van der Waals surface area contributed by atoms with Crippen molar-refractivity contribution in [2.24, 2.45) is 0 Å². The van der Waals surface area contributed by atoms with Crippen molar-refractivity contribution in [3.63, 3.8) is 0 Å². The average Bonchev–Trinajstić information content (AvgIpc) is 2.30. The molecule has 1 aromatic rings. The van der Waals surface area contributed by atoms with Crippen LogP contribution in [0.3, 0.4) is 0 Å². The van der Waals surface area contributed by atoms with Crippen LogP contribution in [0, 0.1) is 0 Å². The first-order valence-electron chi connectivity index (χ1n) is 6.07. The van der Waals surface area contributed by atoms with E-state index < -0.39 is 0 Å². The Morgan fingerprint density at radius 3 is 2.44 bits per heavy atom. The number of benzene rings is 1. The Kier molecular flexibility index (Phi) is 6.39. The molecule has 2 heteroatoms. The van der Waals surface area contributed by atoms with E-state index in [-0.39, 0.29) is 0 Å². The lowest BCUT2D eigenvalue weighted by atomic mass is 10.2. The standard InChI is InChI=1S/C14H22OS/c1-4-5-6-7-12(2)16-14-10-8-13(15-3)9-11-14/h8-12H,4-7H2,1-3H3. The predicted molar refractivity (Wildman–Crippen MR) is 72.5 cm³/mol. The van der Waals surface area contributed by atoms with Crippen LogP contribution in [0.1, 0.15) is 39.5 Å². The highest BCUT2D eigenvalue weighted by molar-refractivity contribution is 7.99. The van der Waals surface area contributed by atoms with E-state index >= 15 is 0 Å². The Labute approximate surface area is 104 Å². The van der Waals surface area contributed by atoms with Crippen LogP contribution in [0.4, 0.5) is 0 Å². The molecule has 0 N–H and O–H groups in total. The molecular weight excluding hydrogens is 216 g/mol. The van der Waals surface area contributed by atoms with Crippen molar-refractivity contribution in [1.29, 1.82) is 0 Å². The van der Waals surface area contributed by atoms with Crippen molar-refractivity contribution in [2.75, 3.05) is 7.11 Å². The van der Waals surface area contributed by atoms with Gasteiger partial charge >= 0.3 is 0 Å². The van der Waals surface area contributed by atoms with E-state index in [1.165, 1.54) is 30.6 Å². The lowest BCUT2D eigenvalue weighted by molar-refractivity contribution is 0.414. The maximum Gasteiger partial charge on any atom is 0.118 e. The van der Waals surface area contributed by atoms with Crippen LogP contribution in [-0.2, 0) is 0 Å². The minimum absolute atomic E-state index is 0.708. The third kappa shape index (κ3) is 4.93. The monoisotopic (exact) mass is 238 g/mol. The highest BCUT2D eigenvalue weighted by Gasteiger charge is 2.04. The number of hydrogen-bond donors (Lipinski definition) is 0. The molecule has 0 aliphatic carbocycles. The fraction of sp³-hybridized carbons (Fsp3) is 0.571. The van der Waals surface area contributed by atoms with Crippen molar-refractivity contribution >= 4 is 11.8 Å². The summed E-state index contributed by atoms with van der Waals surface area (Å²) in [6.45, 7) is 4.56. The molecule has 0 spiro atoms. The summed E-state index contributed by atoms with van der Waals surface area (Å²) >= 11 is 1.96. The van der Waals surface area contributed by atoms with Gasteiger partial charge in [-0.1, -0.05) is 33.1 Å². The van der Waals surface area contributed by atoms with Gasteiger partial charge in [-0.15, -0.1) is 11.8 Å². The summed E-state index contributed by atoms with van der Waals surface area (Å²) in [5, 5.41) is 0.708. The lowest BCUT2D eigenvalue weighted by Gasteiger charge is -2.11. The number of thioether (sulfide) groups is 1. The Morgan fingerprint density at radius 2 is 1.88 bits per heavy atom. The van der Waals surface area contributed by atoms with E-state index in [9.17, 15) is 0 Å². The maximum absolute atomic E-state index is 5.14. The van der Waals surface area contributed by atoms with Crippen molar-refractivity contribution < 1.29 is 4.74 Å². The Bertz CT molecular complexity index is 281. The second kappa shape index (κ2) is 7.61. The molecule has 16 heavy (non-hydrogen) atoms. The summed E-state index contributed by atoms with van der Waals surface area (Å²) in [4.78, 5) is 1.34. The smallest absolute Gasteiger partial charge is 0.118 e. The molecule has 0 saturated carbocycles. The van der Waals surface area contributed by atoms with Crippen LogP contribution in [0.15, 0.2) is 29.2 Å². The van der Waals surface area contributed by atoms with Gasteiger partial charge in [-0.25, -0.2) is 0 Å². The zero-order chi connectivity index (χ0) is 11.8. The van der Waals surface area contributed by atoms with Gasteiger partial charge in [0.2, 0.25) is 0 Å². The quantitative estimate of drug-likeness (QED) is 0.500. The van der Waals surface area contributed by atoms with Crippen LogP contribution in [0.2, 0.25) is 0 Å². The number of ether oxygens (including phenoxy) is 1. The predicted octanol–water partition coefficient (Wildman–Crippen LogP) is 4.76. The molecule has 0 aromatic heterocycles. The van der Waals surface area contributed by atoms with E-state index in [2.05, 4.69) is 26.0 Å². The molecule has 1 atom stereocenters. The van der Waals surface area contributed by atoms with Crippen LogP contribution in [0.5, 0.6) is 5.75 Å². The number of methoxy groups -OCH3 is 1. The normalized spacial score (nSPS) is 12.4. The summed E-state index contributed by atoms with van der Waals surface area (Å²) in [5.41, 5.74) is 0. The molecule has 0 aliphatic heterocycles. The summed E-state index contributed by atoms with van der Waals surface area (Å²) in [7, 11) is 1.70. The Morgan fingerprint density at radius 1 is 1.19 bits per heavy atom. The van der Waals surface area contributed by atoms with Gasteiger partial charge in [-0.2, -0.15) is 0 Å². The Balaban J connectivity index is 2.34. The van der Waals surface area contributed by atoms with Gasteiger partial charge in [-0.3, -0.25) is 0 Å². The van der Waals surface area contributed by atoms with Gasteiger partial charge in [-0.05, 0) is 30.7 Å². The highest BCUT2D eigenvalue weighted by Crippen LogP contribution is 2.27. The van der Waals surface area contributed by atoms with Gasteiger partial charge in [0.15, 0.2) is 0 Å². The van der Waals surface area contributed by atoms with Crippen molar-refractivity contribution in [3.8, 4) is 5.75 Å².